The fourth-order valence-corrected chi connectivity index (χ4v) is 4.35. The normalized spacial score (nSPS) is 13.6. The van der Waals surface area contributed by atoms with E-state index in [0.717, 1.165) is 23.8 Å². The zero-order valence-corrected chi connectivity index (χ0v) is 14.9. The molecule has 0 saturated carbocycles. The molecule has 0 aliphatic heterocycles. The number of benzene rings is 3. The largest absolute Gasteiger partial charge is 0.478 e. The van der Waals surface area contributed by atoms with E-state index in [4.69, 9.17) is 0 Å². The summed E-state index contributed by atoms with van der Waals surface area (Å²) in [5, 5.41) is 14.2. The van der Waals surface area contributed by atoms with Crippen LogP contribution in [0.15, 0.2) is 60.8 Å². The van der Waals surface area contributed by atoms with Crippen LogP contribution in [0.3, 0.4) is 0 Å². The van der Waals surface area contributed by atoms with Gasteiger partial charge in [-0.15, -0.1) is 0 Å². The van der Waals surface area contributed by atoms with E-state index in [1.54, 1.807) is 12.3 Å². The number of nitrogens with zero attached hydrogens (tertiary/aromatic N) is 1. The Balaban J connectivity index is 1.88. The summed E-state index contributed by atoms with van der Waals surface area (Å²) in [4.78, 5) is 15.9. The minimum absolute atomic E-state index is 0.263. The monoisotopic (exact) mass is 353 g/mol. The Bertz CT molecular complexity index is 1210. The Kier molecular flexibility index (Phi) is 3.68. The summed E-state index contributed by atoms with van der Waals surface area (Å²) < 4.78 is 0. The maximum Gasteiger partial charge on any atom is 0.335 e. The summed E-state index contributed by atoms with van der Waals surface area (Å²) >= 11 is 0. The topological polar surface area (TPSA) is 50.2 Å². The van der Waals surface area contributed by atoms with Gasteiger partial charge in [-0.2, -0.15) is 0 Å². The molecule has 0 amide bonds. The number of aromatic nitrogens is 1. The molecular weight excluding hydrogens is 334 g/mol. The smallest absolute Gasteiger partial charge is 0.335 e. The van der Waals surface area contributed by atoms with E-state index >= 15 is 0 Å². The van der Waals surface area contributed by atoms with Crippen molar-refractivity contribution >= 4 is 27.5 Å². The first kappa shape index (κ1) is 16.0. The fourth-order valence-electron chi connectivity index (χ4n) is 4.35. The lowest BCUT2D eigenvalue weighted by molar-refractivity contribution is 0.0697. The third-order valence-corrected chi connectivity index (χ3v) is 5.66. The molecule has 0 spiro atoms. The molecule has 1 aliphatic carbocycles. The molecule has 0 fully saturated rings. The van der Waals surface area contributed by atoms with E-state index < -0.39 is 5.97 Å². The molecule has 0 radical (unpaired) electrons. The van der Waals surface area contributed by atoms with Crippen molar-refractivity contribution in [3.8, 4) is 11.3 Å². The van der Waals surface area contributed by atoms with E-state index in [2.05, 4.69) is 41.4 Å². The van der Waals surface area contributed by atoms with E-state index in [0.29, 0.717) is 5.69 Å². The van der Waals surface area contributed by atoms with Gasteiger partial charge in [-0.05, 0) is 76.6 Å². The van der Waals surface area contributed by atoms with Crippen LogP contribution in [0.5, 0.6) is 0 Å². The molecule has 1 heterocycles. The van der Waals surface area contributed by atoms with Crippen LogP contribution in [0.1, 0.15) is 34.3 Å². The van der Waals surface area contributed by atoms with E-state index in [-0.39, 0.29) is 5.56 Å². The Labute approximate surface area is 157 Å². The van der Waals surface area contributed by atoms with Crippen molar-refractivity contribution in [3.63, 3.8) is 0 Å². The van der Waals surface area contributed by atoms with Gasteiger partial charge in [-0.25, -0.2) is 4.79 Å². The average molecular weight is 353 g/mol. The molecule has 3 nitrogen and oxygen atoms in total. The number of fused-ring (bicyclic) bond motifs is 5. The number of aryl methyl sites for hydroxylation is 2. The van der Waals surface area contributed by atoms with Gasteiger partial charge in [0.05, 0.1) is 11.3 Å². The van der Waals surface area contributed by atoms with Crippen molar-refractivity contribution in [2.75, 3.05) is 0 Å². The van der Waals surface area contributed by atoms with E-state index in [9.17, 15) is 9.90 Å². The molecule has 4 aromatic rings. The maximum atomic E-state index is 11.4. The van der Waals surface area contributed by atoms with Crippen molar-refractivity contribution in [1.29, 1.82) is 0 Å². The highest BCUT2D eigenvalue weighted by atomic mass is 16.4. The first-order chi connectivity index (χ1) is 13.2. The number of rotatable bonds is 2. The summed E-state index contributed by atoms with van der Waals surface area (Å²) in [5.41, 5.74) is 4.86. The second-order valence-corrected chi connectivity index (χ2v) is 7.21. The van der Waals surface area contributed by atoms with Crippen molar-refractivity contribution in [1.82, 2.24) is 4.98 Å². The lowest BCUT2D eigenvalue weighted by atomic mass is 9.85. The molecule has 0 atom stereocenters. The number of hydrogen-bond acceptors (Lipinski definition) is 2. The van der Waals surface area contributed by atoms with Gasteiger partial charge < -0.3 is 5.11 Å². The number of pyridine rings is 1. The van der Waals surface area contributed by atoms with Gasteiger partial charge >= 0.3 is 5.97 Å². The Morgan fingerprint density at radius 3 is 2.48 bits per heavy atom. The van der Waals surface area contributed by atoms with E-state index in [1.807, 2.05) is 6.07 Å². The van der Waals surface area contributed by atoms with E-state index in [1.165, 1.54) is 46.2 Å². The van der Waals surface area contributed by atoms with Gasteiger partial charge in [0.25, 0.3) is 0 Å². The molecule has 1 aliphatic rings. The highest BCUT2D eigenvalue weighted by Crippen LogP contribution is 2.38. The molecule has 3 aromatic carbocycles. The molecule has 0 unspecified atom stereocenters. The van der Waals surface area contributed by atoms with Gasteiger partial charge in [0.1, 0.15) is 0 Å². The maximum absolute atomic E-state index is 11.4. The second kappa shape index (κ2) is 6.20. The third kappa shape index (κ3) is 2.58. The number of hydrogen-bond donors (Lipinski definition) is 1. The molecule has 0 bridgehead atoms. The zero-order chi connectivity index (χ0) is 18.4. The Morgan fingerprint density at radius 2 is 1.63 bits per heavy atom. The number of carbonyl (C=O) groups is 1. The van der Waals surface area contributed by atoms with Crippen molar-refractivity contribution < 1.29 is 9.90 Å². The van der Waals surface area contributed by atoms with Gasteiger partial charge in [-0.1, -0.05) is 36.4 Å². The zero-order valence-electron chi connectivity index (χ0n) is 14.9. The van der Waals surface area contributed by atoms with Gasteiger partial charge in [0.15, 0.2) is 0 Å². The molecule has 27 heavy (non-hydrogen) atoms. The lowest BCUT2D eigenvalue weighted by Gasteiger charge is -2.20. The molecular formula is C24H19NO2. The molecule has 1 aromatic heterocycles. The summed E-state index contributed by atoms with van der Waals surface area (Å²) in [5.74, 6) is -0.930. The predicted molar refractivity (Wildman–Crippen MR) is 108 cm³/mol. The van der Waals surface area contributed by atoms with Gasteiger partial charge in [0, 0.05) is 11.8 Å². The third-order valence-electron chi connectivity index (χ3n) is 5.66. The molecule has 0 saturated heterocycles. The van der Waals surface area contributed by atoms with Crippen LogP contribution in [-0.2, 0) is 12.8 Å². The highest BCUT2D eigenvalue weighted by molar-refractivity contribution is 6.14. The quantitative estimate of drug-likeness (QED) is 0.475. The van der Waals surface area contributed by atoms with Crippen LogP contribution >= 0.6 is 0 Å². The number of carboxylic acids is 1. The second-order valence-electron chi connectivity index (χ2n) is 7.21. The first-order valence-corrected chi connectivity index (χ1v) is 9.38. The fraction of sp³-hybridized carbons (Fsp3) is 0.167. The molecule has 132 valence electrons. The standard InChI is InChI=1S/C24H19NO2/c26-24(27)16-11-12-25-23(13-16)22-14-21-17-6-2-1-5-15(17)9-10-20(21)18-7-3-4-8-19(18)22/h3-4,7-14H,1-2,5-6H2,(H,26,27). The number of aromatic carboxylic acids is 1. The summed E-state index contributed by atoms with van der Waals surface area (Å²) in [7, 11) is 0. The van der Waals surface area contributed by atoms with Crippen LogP contribution < -0.4 is 0 Å². The van der Waals surface area contributed by atoms with Crippen LogP contribution in [0.25, 0.3) is 32.8 Å². The predicted octanol–water partition coefficient (Wildman–Crippen LogP) is 5.63. The van der Waals surface area contributed by atoms with Gasteiger partial charge in [0.2, 0.25) is 0 Å². The van der Waals surface area contributed by atoms with Crippen LogP contribution in [0.4, 0.5) is 0 Å². The minimum atomic E-state index is -0.930. The van der Waals surface area contributed by atoms with Crippen molar-refractivity contribution in [3.05, 3.63) is 77.5 Å². The first-order valence-electron chi connectivity index (χ1n) is 9.38. The average Bonchev–Trinajstić information content (AvgIpc) is 2.73. The Hall–Kier alpha value is -3.20. The van der Waals surface area contributed by atoms with Gasteiger partial charge in [-0.3, -0.25) is 4.98 Å². The van der Waals surface area contributed by atoms with Crippen LogP contribution in [0.2, 0.25) is 0 Å². The van der Waals surface area contributed by atoms with Crippen molar-refractivity contribution in [2.45, 2.75) is 25.7 Å². The summed E-state index contributed by atoms with van der Waals surface area (Å²) in [6.45, 7) is 0. The van der Waals surface area contributed by atoms with Crippen LogP contribution in [-0.4, -0.2) is 16.1 Å². The number of carboxylic acid groups (broad SMARTS) is 1. The molecule has 1 N–H and O–H groups in total. The summed E-state index contributed by atoms with van der Waals surface area (Å²) in [6, 6.07) is 18.3. The molecule has 5 rings (SSSR count). The Morgan fingerprint density at radius 1 is 0.852 bits per heavy atom. The van der Waals surface area contributed by atoms with Crippen molar-refractivity contribution in [2.24, 2.45) is 0 Å². The molecule has 3 heteroatoms. The highest BCUT2D eigenvalue weighted by Gasteiger charge is 2.17. The SMILES string of the molecule is O=C(O)c1ccnc(-c2cc3c4c(ccc3c3ccccc23)CCCC4)c1. The minimum Gasteiger partial charge on any atom is -0.478 e. The summed E-state index contributed by atoms with van der Waals surface area (Å²) in [6.07, 6.45) is 6.30. The lowest BCUT2D eigenvalue weighted by Crippen LogP contribution is -2.03. The van der Waals surface area contributed by atoms with Crippen LogP contribution in [0, 0.1) is 0 Å².